The molecule has 1 aromatic carbocycles. The Morgan fingerprint density at radius 3 is 2.93 bits per heavy atom. The molecule has 2 nitrogen and oxygen atoms in total. The first-order valence-electron chi connectivity index (χ1n) is 4.15. The van der Waals surface area contributed by atoms with E-state index in [0.717, 1.165) is 21.2 Å². The van der Waals surface area contributed by atoms with Crippen molar-refractivity contribution in [2.45, 2.75) is 6.92 Å². The summed E-state index contributed by atoms with van der Waals surface area (Å²) in [6.45, 7) is 1.90. The molecule has 2 rings (SSSR count). The van der Waals surface area contributed by atoms with Gasteiger partial charge in [-0.25, -0.2) is 0 Å². The van der Waals surface area contributed by atoms with Gasteiger partial charge in [0.25, 0.3) is 0 Å². The fraction of sp³-hybridized carbons (Fsp3) is 0.0909. The van der Waals surface area contributed by atoms with Gasteiger partial charge in [0.1, 0.15) is 0 Å². The lowest BCUT2D eigenvalue weighted by Gasteiger charge is -1.93. The second-order valence-corrected chi connectivity index (χ2v) is 4.24. The minimum absolute atomic E-state index is 0.578. The predicted molar refractivity (Wildman–Crippen MR) is 56.7 cm³/mol. The van der Waals surface area contributed by atoms with Gasteiger partial charge in [-0.2, -0.15) is 5.26 Å². The van der Waals surface area contributed by atoms with E-state index in [2.05, 4.69) is 6.07 Å². The second kappa shape index (κ2) is 3.24. The molecule has 0 saturated carbocycles. The van der Waals surface area contributed by atoms with Gasteiger partial charge in [0.05, 0.1) is 11.6 Å². The molecule has 1 heterocycles. The molecule has 0 unspecified atom stereocenters. The summed E-state index contributed by atoms with van der Waals surface area (Å²) in [7, 11) is 0. The number of nitrogens with zero attached hydrogens (tertiary/aromatic N) is 1. The Balaban J connectivity index is 2.98. The summed E-state index contributed by atoms with van der Waals surface area (Å²) >= 11 is 1.55. The summed E-state index contributed by atoms with van der Waals surface area (Å²) in [5.74, 6) is 0. The number of carbonyl (C=O) groups is 1. The van der Waals surface area contributed by atoms with E-state index in [1.807, 2.05) is 19.1 Å². The molecular weight excluding hydrogens is 194 g/mol. The van der Waals surface area contributed by atoms with Crippen LogP contribution < -0.4 is 0 Å². The number of aldehydes is 1. The largest absolute Gasteiger partial charge is 0.298 e. The van der Waals surface area contributed by atoms with E-state index < -0.39 is 0 Å². The molecule has 0 N–H and O–H groups in total. The van der Waals surface area contributed by atoms with Crippen molar-refractivity contribution in [3.63, 3.8) is 0 Å². The Kier molecular flexibility index (Phi) is 2.06. The van der Waals surface area contributed by atoms with Gasteiger partial charge in [0, 0.05) is 20.5 Å². The molecule has 0 aliphatic rings. The van der Waals surface area contributed by atoms with Gasteiger partial charge >= 0.3 is 0 Å². The predicted octanol–water partition coefficient (Wildman–Crippen LogP) is 2.89. The number of fused-ring (bicyclic) bond motifs is 1. The molecule has 0 saturated heterocycles. The van der Waals surface area contributed by atoms with E-state index in [0.29, 0.717) is 11.1 Å². The van der Waals surface area contributed by atoms with Gasteiger partial charge in [-0.05, 0) is 19.1 Å². The molecule has 0 atom stereocenters. The molecule has 1 aromatic heterocycles. The first kappa shape index (κ1) is 8.92. The van der Waals surface area contributed by atoms with Crippen molar-refractivity contribution < 1.29 is 4.79 Å². The average Bonchev–Trinajstić information content (AvgIpc) is 2.52. The summed E-state index contributed by atoms with van der Waals surface area (Å²) in [5, 5.41) is 9.70. The lowest BCUT2D eigenvalue weighted by atomic mass is 10.1. The zero-order valence-corrected chi connectivity index (χ0v) is 8.39. The summed E-state index contributed by atoms with van der Waals surface area (Å²) in [4.78, 5) is 11.8. The van der Waals surface area contributed by atoms with Gasteiger partial charge in [-0.15, -0.1) is 11.3 Å². The fourth-order valence-corrected chi connectivity index (χ4v) is 2.58. The normalized spacial score (nSPS) is 10.0. The Bertz CT molecular complexity index is 548. The average molecular weight is 201 g/mol. The van der Waals surface area contributed by atoms with Gasteiger partial charge in [0.15, 0.2) is 6.29 Å². The summed E-state index contributed by atoms with van der Waals surface area (Å²) < 4.78 is 1.00. The number of hydrogen-bond acceptors (Lipinski definition) is 3. The lowest BCUT2D eigenvalue weighted by molar-refractivity contribution is 0.112. The van der Waals surface area contributed by atoms with E-state index >= 15 is 0 Å². The Hall–Kier alpha value is -1.66. The van der Waals surface area contributed by atoms with Crippen LogP contribution in [0.4, 0.5) is 0 Å². The van der Waals surface area contributed by atoms with Crippen molar-refractivity contribution in [3.05, 3.63) is 34.2 Å². The summed E-state index contributed by atoms with van der Waals surface area (Å²) in [6.07, 6.45) is 0.828. The SMILES string of the molecule is Cc1sc2cccc(C#N)c2c1C=O. The number of nitriles is 1. The highest BCUT2D eigenvalue weighted by atomic mass is 32.1. The highest BCUT2D eigenvalue weighted by Crippen LogP contribution is 2.31. The minimum atomic E-state index is 0.578. The van der Waals surface area contributed by atoms with Crippen LogP contribution in [0.1, 0.15) is 20.8 Å². The van der Waals surface area contributed by atoms with Crippen LogP contribution in [0.3, 0.4) is 0 Å². The van der Waals surface area contributed by atoms with E-state index in [1.54, 1.807) is 17.4 Å². The third kappa shape index (κ3) is 1.12. The quantitative estimate of drug-likeness (QED) is 0.665. The molecule has 0 fully saturated rings. The highest BCUT2D eigenvalue weighted by molar-refractivity contribution is 7.19. The molecule has 0 aliphatic heterocycles. The molecule has 2 aromatic rings. The van der Waals surface area contributed by atoms with Gasteiger partial charge < -0.3 is 0 Å². The number of rotatable bonds is 1. The van der Waals surface area contributed by atoms with Crippen LogP contribution in [-0.4, -0.2) is 6.29 Å². The summed E-state index contributed by atoms with van der Waals surface area (Å²) in [6, 6.07) is 7.61. The maximum atomic E-state index is 10.9. The van der Waals surface area contributed by atoms with Crippen molar-refractivity contribution in [3.8, 4) is 6.07 Å². The standard InChI is InChI=1S/C11H7NOS/c1-7-9(6-13)11-8(5-12)3-2-4-10(11)14-7/h2-4,6H,1H3. The monoisotopic (exact) mass is 201 g/mol. The third-order valence-corrected chi connectivity index (χ3v) is 3.26. The minimum Gasteiger partial charge on any atom is -0.298 e. The molecule has 0 spiro atoms. The van der Waals surface area contributed by atoms with Crippen LogP contribution in [0.15, 0.2) is 18.2 Å². The van der Waals surface area contributed by atoms with Gasteiger partial charge in [-0.1, -0.05) is 6.07 Å². The first-order valence-corrected chi connectivity index (χ1v) is 4.97. The van der Waals surface area contributed by atoms with Crippen molar-refractivity contribution in [2.24, 2.45) is 0 Å². The van der Waals surface area contributed by atoms with Gasteiger partial charge in [0.2, 0.25) is 0 Å². The third-order valence-electron chi connectivity index (χ3n) is 2.18. The van der Waals surface area contributed by atoms with Crippen LogP contribution in [0.2, 0.25) is 0 Å². The number of benzene rings is 1. The Morgan fingerprint density at radius 1 is 1.50 bits per heavy atom. The molecule has 3 heteroatoms. The Morgan fingerprint density at radius 2 is 2.29 bits per heavy atom. The van der Waals surface area contributed by atoms with E-state index in [9.17, 15) is 4.79 Å². The molecule has 14 heavy (non-hydrogen) atoms. The van der Waals surface area contributed by atoms with Crippen LogP contribution in [-0.2, 0) is 0 Å². The van der Waals surface area contributed by atoms with Crippen molar-refractivity contribution in [2.75, 3.05) is 0 Å². The zero-order chi connectivity index (χ0) is 10.1. The molecule has 0 radical (unpaired) electrons. The Labute approximate surface area is 85.4 Å². The number of thiophene rings is 1. The molecular formula is C11H7NOS. The van der Waals surface area contributed by atoms with Crippen LogP contribution >= 0.6 is 11.3 Å². The highest BCUT2D eigenvalue weighted by Gasteiger charge is 2.11. The van der Waals surface area contributed by atoms with E-state index in [1.165, 1.54) is 0 Å². The number of carbonyl (C=O) groups excluding carboxylic acids is 1. The lowest BCUT2D eigenvalue weighted by Crippen LogP contribution is -1.82. The first-order chi connectivity index (χ1) is 6.77. The topological polar surface area (TPSA) is 40.9 Å². The number of hydrogen-bond donors (Lipinski definition) is 0. The summed E-state index contributed by atoms with van der Waals surface area (Å²) in [5.41, 5.74) is 1.23. The van der Waals surface area contributed by atoms with E-state index in [4.69, 9.17) is 5.26 Å². The van der Waals surface area contributed by atoms with Crippen LogP contribution in [0.5, 0.6) is 0 Å². The van der Waals surface area contributed by atoms with Crippen LogP contribution in [0.25, 0.3) is 10.1 Å². The number of aryl methyl sites for hydroxylation is 1. The zero-order valence-electron chi connectivity index (χ0n) is 7.57. The fourth-order valence-electron chi connectivity index (χ4n) is 1.53. The van der Waals surface area contributed by atoms with Gasteiger partial charge in [-0.3, -0.25) is 4.79 Å². The van der Waals surface area contributed by atoms with Crippen molar-refractivity contribution in [1.82, 2.24) is 0 Å². The molecule has 68 valence electrons. The smallest absolute Gasteiger partial charge is 0.151 e. The molecule has 0 bridgehead atoms. The molecule has 0 amide bonds. The second-order valence-electron chi connectivity index (χ2n) is 2.98. The maximum Gasteiger partial charge on any atom is 0.151 e. The molecule has 0 aliphatic carbocycles. The van der Waals surface area contributed by atoms with Crippen molar-refractivity contribution >= 4 is 27.7 Å². The van der Waals surface area contributed by atoms with Crippen molar-refractivity contribution in [1.29, 1.82) is 5.26 Å². The van der Waals surface area contributed by atoms with Crippen LogP contribution in [0, 0.1) is 18.3 Å². The maximum absolute atomic E-state index is 10.9. The van der Waals surface area contributed by atoms with E-state index in [-0.39, 0.29) is 0 Å².